The van der Waals surface area contributed by atoms with Crippen LogP contribution in [0.3, 0.4) is 0 Å². The van der Waals surface area contributed by atoms with Crippen molar-refractivity contribution in [1.82, 2.24) is 5.32 Å². The molecule has 0 fully saturated rings. The van der Waals surface area contributed by atoms with Crippen LogP contribution in [0.1, 0.15) is 25.7 Å². The number of carbonyl (C=O) groups excluding carboxylic acids is 2. The fourth-order valence-electron chi connectivity index (χ4n) is 1.72. The van der Waals surface area contributed by atoms with E-state index in [-0.39, 0.29) is 11.9 Å². The highest BCUT2D eigenvalue weighted by atomic mass is 16.2. The number of primary amides is 1. The molecule has 0 rings (SSSR count). The molecule has 132 valence electrons. The zero-order chi connectivity index (χ0) is 17.8. The van der Waals surface area contributed by atoms with E-state index in [1.807, 2.05) is 0 Å². The van der Waals surface area contributed by atoms with Gasteiger partial charge in [-0.05, 0) is 25.7 Å². The lowest BCUT2D eigenvalue weighted by molar-refractivity contribution is -0.128. The minimum Gasteiger partial charge on any atom is -0.370 e. The summed E-state index contributed by atoms with van der Waals surface area (Å²) in [5, 5.41) is 2.52. The lowest BCUT2D eigenvalue weighted by Crippen LogP contribution is -2.50. The van der Waals surface area contributed by atoms with Crippen LogP contribution >= 0.6 is 0 Å². The highest BCUT2D eigenvalue weighted by molar-refractivity contribution is 5.88. The summed E-state index contributed by atoms with van der Waals surface area (Å²) in [4.78, 5) is 30.9. The molecule has 0 saturated heterocycles. The van der Waals surface area contributed by atoms with Gasteiger partial charge in [-0.1, -0.05) is 0 Å². The second-order valence-corrected chi connectivity index (χ2v) is 4.97. The minimum atomic E-state index is -0.819. The van der Waals surface area contributed by atoms with Gasteiger partial charge in [-0.3, -0.25) is 19.6 Å². The number of rotatable bonds is 11. The predicted octanol–water partition coefficient (Wildman–Crippen LogP) is -3.61. The van der Waals surface area contributed by atoms with Gasteiger partial charge in [-0.25, -0.2) is 0 Å². The van der Waals surface area contributed by atoms with Gasteiger partial charge in [0.25, 0.3) is 0 Å². The Morgan fingerprint density at radius 1 is 0.870 bits per heavy atom. The molecule has 0 radical (unpaired) electrons. The van der Waals surface area contributed by atoms with Gasteiger partial charge in [0.1, 0.15) is 6.04 Å². The molecule has 0 aromatic carbocycles. The fourth-order valence-corrected chi connectivity index (χ4v) is 1.72. The van der Waals surface area contributed by atoms with Gasteiger partial charge in [-0.2, -0.15) is 0 Å². The maximum atomic E-state index is 11.9. The fraction of sp³-hybridized carbons (Fsp3) is 0.667. The average molecular weight is 329 g/mol. The molecule has 2 unspecified atom stereocenters. The Morgan fingerprint density at radius 2 is 1.35 bits per heavy atom. The van der Waals surface area contributed by atoms with Gasteiger partial charge in [0, 0.05) is 13.1 Å². The summed E-state index contributed by atoms with van der Waals surface area (Å²) in [7, 11) is 0. The number of guanidine groups is 2. The van der Waals surface area contributed by atoms with Gasteiger partial charge < -0.3 is 39.7 Å². The van der Waals surface area contributed by atoms with E-state index in [0.717, 1.165) is 0 Å². The van der Waals surface area contributed by atoms with E-state index in [9.17, 15) is 9.59 Å². The van der Waals surface area contributed by atoms with Crippen LogP contribution in [0.25, 0.3) is 0 Å². The Kier molecular flexibility index (Phi) is 9.83. The molecular formula is C12H27N9O2. The van der Waals surface area contributed by atoms with Crippen molar-refractivity contribution in [1.29, 1.82) is 0 Å². The summed E-state index contributed by atoms with van der Waals surface area (Å²) in [5.41, 5.74) is 31.8. The molecule has 11 heteroatoms. The predicted molar refractivity (Wildman–Crippen MR) is 88.9 cm³/mol. The summed E-state index contributed by atoms with van der Waals surface area (Å²) in [6.45, 7) is 0.716. The number of nitrogens with two attached hydrogens (primary N) is 6. The van der Waals surface area contributed by atoms with E-state index in [2.05, 4.69) is 15.3 Å². The summed E-state index contributed by atoms with van der Waals surface area (Å²) < 4.78 is 0. The average Bonchev–Trinajstić information content (AvgIpc) is 2.45. The van der Waals surface area contributed by atoms with Crippen LogP contribution in [-0.2, 0) is 9.59 Å². The molecular weight excluding hydrogens is 302 g/mol. The number of hydrogen-bond acceptors (Lipinski definition) is 5. The lowest BCUT2D eigenvalue weighted by Gasteiger charge is -2.18. The normalized spacial score (nSPS) is 12.7. The standard InChI is InChI=1S/C12H27N9O2/c13-7(3-1-5-19-11(15)16)10(23)21-8(9(14)22)4-2-6-20-12(17)18/h7-8H,1-6,13H2,(H2,14,22)(H,21,23)(H4,15,16,19)(H4,17,18,20). The zero-order valence-corrected chi connectivity index (χ0v) is 13.1. The van der Waals surface area contributed by atoms with E-state index in [0.29, 0.717) is 38.8 Å². The van der Waals surface area contributed by atoms with Gasteiger partial charge in [-0.15, -0.1) is 0 Å². The molecule has 0 bridgehead atoms. The first-order valence-electron chi connectivity index (χ1n) is 7.20. The topological polar surface area (TPSA) is 227 Å². The largest absolute Gasteiger partial charge is 0.370 e. The first kappa shape index (κ1) is 20.4. The number of aliphatic imine (C=N–C) groups is 2. The third-order valence-corrected chi connectivity index (χ3v) is 2.91. The van der Waals surface area contributed by atoms with E-state index >= 15 is 0 Å². The zero-order valence-electron chi connectivity index (χ0n) is 13.1. The van der Waals surface area contributed by atoms with Crippen LogP contribution < -0.4 is 39.7 Å². The third-order valence-electron chi connectivity index (χ3n) is 2.91. The monoisotopic (exact) mass is 329 g/mol. The summed E-state index contributed by atoms with van der Waals surface area (Å²) >= 11 is 0. The molecule has 13 N–H and O–H groups in total. The van der Waals surface area contributed by atoms with Gasteiger partial charge in [0.05, 0.1) is 6.04 Å². The maximum Gasteiger partial charge on any atom is 0.240 e. The number of nitrogens with one attached hydrogen (secondary N) is 1. The second kappa shape index (κ2) is 11.1. The molecule has 23 heavy (non-hydrogen) atoms. The van der Waals surface area contributed by atoms with E-state index in [4.69, 9.17) is 34.4 Å². The van der Waals surface area contributed by atoms with Crippen LogP contribution in [0.5, 0.6) is 0 Å². The molecule has 11 nitrogen and oxygen atoms in total. The molecule has 0 aliphatic heterocycles. The molecule has 0 aliphatic rings. The quantitative estimate of drug-likeness (QED) is 0.114. The number of amides is 2. The first-order valence-corrected chi connectivity index (χ1v) is 7.20. The van der Waals surface area contributed by atoms with Crippen molar-refractivity contribution in [3.05, 3.63) is 0 Å². The Morgan fingerprint density at radius 3 is 1.78 bits per heavy atom. The molecule has 0 spiro atoms. The molecule has 0 aromatic heterocycles. The van der Waals surface area contributed by atoms with Crippen molar-refractivity contribution in [2.45, 2.75) is 37.8 Å². The van der Waals surface area contributed by atoms with Crippen molar-refractivity contribution >= 4 is 23.7 Å². The van der Waals surface area contributed by atoms with Crippen LogP contribution in [0.2, 0.25) is 0 Å². The minimum absolute atomic E-state index is 0.0161. The third kappa shape index (κ3) is 10.8. The molecule has 2 amide bonds. The Bertz CT molecular complexity index is 442. The van der Waals surface area contributed by atoms with Crippen molar-refractivity contribution in [2.24, 2.45) is 44.4 Å². The van der Waals surface area contributed by atoms with Crippen molar-refractivity contribution in [2.75, 3.05) is 13.1 Å². The summed E-state index contributed by atoms with van der Waals surface area (Å²) in [6.07, 6.45) is 1.73. The second-order valence-electron chi connectivity index (χ2n) is 4.97. The van der Waals surface area contributed by atoms with Crippen molar-refractivity contribution in [3.8, 4) is 0 Å². The van der Waals surface area contributed by atoms with Crippen molar-refractivity contribution < 1.29 is 9.59 Å². The van der Waals surface area contributed by atoms with Crippen molar-refractivity contribution in [3.63, 3.8) is 0 Å². The Balaban J connectivity index is 4.24. The van der Waals surface area contributed by atoms with Gasteiger partial charge in [0.2, 0.25) is 11.8 Å². The molecule has 0 saturated carbocycles. The highest BCUT2D eigenvalue weighted by Crippen LogP contribution is 2.01. The molecule has 0 aliphatic carbocycles. The Labute approximate surface area is 134 Å². The first-order chi connectivity index (χ1) is 10.7. The van der Waals surface area contributed by atoms with Crippen LogP contribution in [0.4, 0.5) is 0 Å². The van der Waals surface area contributed by atoms with Gasteiger partial charge in [0.15, 0.2) is 11.9 Å². The number of carbonyl (C=O) groups is 2. The summed E-state index contributed by atoms with van der Waals surface area (Å²) in [6, 6.07) is -1.59. The molecule has 0 heterocycles. The highest BCUT2D eigenvalue weighted by Gasteiger charge is 2.21. The lowest BCUT2D eigenvalue weighted by atomic mass is 10.1. The van der Waals surface area contributed by atoms with Gasteiger partial charge >= 0.3 is 0 Å². The summed E-state index contributed by atoms with van der Waals surface area (Å²) in [5.74, 6) is -1.15. The SMILES string of the molecule is NC(=O)C(CCCN=C(N)N)NC(=O)C(N)CCCN=C(N)N. The van der Waals surface area contributed by atoms with Crippen LogP contribution in [0, 0.1) is 0 Å². The number of nitrogens with zero attached hydrogens (tertiary/aromatic N) is 2. The van der Waals surface area contributed by atoms with E-state index in [1.165, 1.54) is 0 Å². The van der Waals surface area contributed by atoms with E-state index in [1.54, 1.807) is 0 Å². The molecule has 0 aromatic rings. The molecule has 2 atom stereocenters. The maximum absolute atomic E-state index is 11.9. The smallest absolute Gasteiger partial charge is 0.240 e. The Hall–Kier alpha value is -2.56. The van der Waals surface area contributed by atoms with E-state index < -0.39 is 23.9 Å². The van der Waals surface area contributed by atoms with Crippen LogP contribution in [-0.4, -0.2) is 48.9 Å². The number of hydrogen-bond donors (Lipinski definition) is 7. The van der Waals surface area contributed by atoms with Crippen LogP contribution in [0.15, 0.2) is 9.98 Å².